The second-order valence-corrected chi connectivity index (χ2v) is 5.30. The highest BCUT2D eigenvalue weighted by molar-refractivity contribution is 5.64. The Morgan fingerprint density at radius 3 is 2.68 bits per heavy atom. The molecule has 0 bridgehead atoms. The maximum absolute atomic E-state index is 11.0. The number of hydrogen-bond acceptors (Lipinski definition) is 2. The Morgan fingerprint density at radius 1 is 1.32 bits per heavy atom. The third-order valence-corrected chi connectivity index (χ3v) is 3.93. The van der Waals surface area contributed by atoms with Crippen LogP contribution < -0.4 is 5.32 Å². The van der Waals surface area contributed by atoms with E-state index < -0.39 is 6.09 Å². The van der Waals surface area contributed by atoms with E-state index in [2.05, 4.69) is 24.4 Å². The average molecular weight is 262 g/mol. The number of carbonyl (C=O) groups is 1. The molecular weight excluding hydrogens is 240 g/mol. The monoisotopic (exact) mass is 262 g/mol. The summed E-state index contributed by atoms with van der Waals surface area (Å²) in [7, 11) is 0. The lowest BCUT2D eigenvalue weighted by atomic mass is 9.97. The van der Waals surface area contributed by atoms with Gasteiger partial charge in [-0.25, -0.2) is 4.79 Å². The SMILES string of the molecule is C[C@H]1CCN(C(=O)O)CC[C@H]1NCc1ccccc1. The first-order chi connectivity index (χ1) is 9.16. The van der Waals surface area contributed by atoms with Gasteiger partial charge >= 0.3 is 6.09 Å². The van der Waals surface area contributed by atoms with E-state index in [1.54, 1.807) is 0 Å². The first kappa shape index (κ1) is 13.9. The Bertz CT molecular complexity index is 408. The molecule has 1 amide bonds. The molecule has 19 heavy (non-hydrogen) atoms. The van der Waals surface area contributed by atoms with Crippen molar-refractivity contribution in [3.8, 4) is 0 Å². The molecule has 1 heterocycles. The Hall–Kier alpha value is -1.55. The van der Waals surface area contributed by atoms with Gasteiger partial charge in [-0.1, -0.05) is 37.3 Å². The van der Waals surface area contributed by atoms with Gasteiger partial charge in [-0.2, -0.15) is 0 Å². The minimum Gasteiger partial charge on any atom is -0.465 e. The van der Waals surface area contributed by atoms with Crippen LogP contribution in [0.2, 0.25) is 0 Å². The van der Waals surface area contributed by atoms with Crippen LogP contribution in [0.1, 0.15) is 25.3 Å². The summed E-state index contributed by atoms with van der Waals surface area (Å²) in [4.78, 5) is 12.5. The Kier molecular flexibility index (Phi) is 4.80. The molecule has 1 aromatic rings. The molecule has 2 rings (SSSR count). The molecule has 2 N–H and O–H groups in total. The standard InChI is InChI=1S/C15H22N2O2/c1-12-7-9-17(15(18)19)10-8-14(12)16-11-13-5-3-2-4-6-13/h2-6,12,14,16H,7-11H2,1H3,(H,18,19)/t12-,14+/m0/s1. The van der Waals surface area contributed by atoms with Gasteiger partial charge in [0.1, 0.15) is 0 Å². The summed E-state index contributed by atoms with van der Waals surface area (Å²) < 4.78 is 0. The van der Waals surface area contributed by atoms with E-state index in [4.69, 9.17) is 5.11 Å². The average Bonchev–Trinajstić information content (AvgIpc) is 2.60. The fraction of sp³-hybridized carbons (Fsp3) is 0.533. The second kappa shape index (κ2) is 6.57. The molecule has 104 valence electrons. The smallest absolute Gasteiger partial charge is 0.407 e. The third kappa shape index (κ3) is 3.96. The summed E-state index contributed by atoms with van der Waals surface area (Å²) >= 11 is 0. The van der Waals surface area contributed by atoms with Crippen molar-refractivity contribution in [1.29, 1.82) is 0 Å². The first-order valence-corrected chi connectivity index (χ1v) is 6.92. The lowest BCUT2D eigenvalue weighted by Gasteiger charge is -2.22. The summed E-state index contributed by atoms with van der Waals surface area (Å²) in [6.07, 6.45) is 1.02. The van der Waals surface area contributed by atoms with E-state index in [0.717, 1.165) is 19.4 Å². The Labute approximate surface area is 114 Å². The van der Waals surface area contributed by atoms with Crippen molar-refractivity contribution in [3.05, 3.63) is 35.9 Å². The van der Waals surface area contributed by atoms with E-state index in [0.29, 0.717) is 25.0 Å². The Morgan fingerprint density at radius 2 is 2.00 bits per heavy atom. The van der Waals surface area contributed by atoms with Crippen molar-refractivity contribution < 1.29 is 9.90 Å². The summed E-state index contributed by atoms with van der Waals surface area (Å²) in [6, 6.07) is 10.7. The molecule has 0 aromatic heterocycles. The largest absolute Gasteiger partial charge is 0.465 e. The number of benzene rings is 1. The molecule has 1 aliphatic heterocycles. The van der Waals surface area contributed by atoms with Gasteiger partial charge in [0.05, 0.1) is 0 Å². The van der Waals surface area contributed by atoms with Gasteiger partial charge in [-0.05, 0) is 24.3 Å². The lowest BCUT2D eigenvalue weighted by Crippen LogP contribution is -2.35. The normalized spacial score (nSPS) is 23.9. The summed E-state index contributed by atoms with van der Waals surface area (Å²) in [5.41, 5.74) is 1.27. The van der Waals surface area contributed by atoms with Crippen molar-refractivity contribution >= 4 is 6.09 Å². The van der Waals surface area contributed by atoms with E-state index in [1.807, 2.05) is 18.2 Å². The van der Waals surface area contributed by atoms with Crippen LogP contribution in [0.5, 0.6) is 0 Å². The molecule has 1 fully saturated rings. The number of likely N-dealkylation sites (tertiary alicyclic amines) is 1. The van der Waals surface area contributed by atoms with Crippen molar-refractivity contribution in [2.24, 2.45) is 5.92 Å². The van der Waals surface area contributed by atoms with E-state index in [1.165, 1.54) is 10.5 Å². The quantitative estimate of drug-likeness (QED) is 0.880. The van der Waals surface area contributed by atoms with Crippen LogP contribution in [0.4, 0.5) is 4.79 Å². The van der Waals surface area contributed by atoms with Gasteiger partial charge in [0.2, 0.25) is 0 Å². The zero-order chi connectivity index (χ0) is 13.7. The second-order valence-electron chi connectivity index (χ2n) is 5.30. The highest BCUT2D eigenvalue weighted by atomic mass is 16.4. The van der Waals surface area contributed by atoms with Crippen molar-refractivity contribution in [2.45, 2.75) is 32.4 Å². The highest BCUT2D eigenvalue weighted by Crippen LogP contribution is 2.18. The molecule has 0 saturated carbocycles. The van der Waals surface area contributed by atoms with E-state index >= 15 is 0 Å². The zero-order valence-corrected chi connectivity index (χ0v) is 11.4. The van der Waals surface area contributed by atoms with E-state index in [-0.39, 0.29) is 0 Å². The third-order valence-electron chi connectivity index (χ3n) is 3.93. The highest BCUT2D eigenvalue weighted by Gasteiger charge is 2.24. The van der Waals surface area contributed by atoms with Crippen LogP contribution in [-0.4, -0.2) is 35.2 Å². The predicted octanol–water partition coefficient (Wildman–Crippen LogP) is 2.55. The van der Waals surface area contributed by atoms with Crippen LogP contribution in [0, 0.1) is 5.92 Å². The maximum Gasteiger partial charge on any atom is 0.407 e. The van der Waals surface area contributed by atoms with Crippen LogP contribution >= 0.6 is 0 Å². The fourth-order valence-corrected chi connectivity index (χ4v) is 2.59. The van der Waals surface area contributed by atoms with Gasteiger partial charge in [0.15, 0.2) is 0 Å². The van der Waals surface area contributed by atoms with Crippen molar-refractivity contribution in [1.82, 2.24) is 10.2 Å². The van der Waals surface area contributed by atoms with Crippen molar-refractivity contribution in [2.75, 3.05) is 13.1 Å². The van der Waals surface area contributed by atoms with Crippen LogP contribution in [-0.2, 0) is 6.54 Å². The summed E-state index contributed by atoms with van der Waals surface area (Å²) in [5.74, 6) is 0.507. The number of hydrogen-bond donors (Lipinski definition) is 2. The molecule has 0 radical (unpaired) electrons. The lowest BCUT2D eigenvalue weighted by molar-refractivity contribution is 0.146. The predicted molar refractivity (Wildman–Crippen MR) is 75.1 cm³/mol. The van der Waals surface area contributed by atoms with Gasteiger partial charge in [0.25, 0.3) is 0 Å². The molecule has 0 aliphatic carbocycles. The maximum atomic E-state index is 11.0. The van der Waals surface area contributed by atoms with Crippen molar-refractivity contribution in [3.63, 3.8) is 0 Å². The molecule has 0 spiro atoms. The van der Waals surface area contributed by atoms with Crippen LogP contribution in [0.25, 0.3) is 0 Å². The van der Waals surface area contributed by atoms with Gasteiger partial charge < -0.3 is 15.3 Å². The minimum atomic E-state index is -0.795. The minimum absolute atomic E-state index is 0.393. The molecule has 1 aliphatic rings. The summed E-state index contributed by atoms with van der Waals surface area (Å²) in [6.45, 7) is 4.34. The number of rotatable bonds is 3. The molecular formula is C15H22N2O2. The first-order valence-electron chi connectivity index (χ1n) is 6.92. The zero-order valence-electron chi connectivity index (χ0n) is 11.4. The number of amides is 1. The topological polar surface area (TPSA) is 52.6 Å². The van der Waals surface area contributed by atoms with Gasteiger partial charge in [-0.3, -0.25) is 0 Å². The van der Waals surface area contributed by atoms with Gasteiger partial charge in [-0.15, -0.1) is 0 Å². The van der Waals surface area contributed by atoms with Crippen LogP contribution in [0.3, 0.4) is 0 Å². The summed E-state index contributed by atoms with van der Waals surface area (Å²) in [5, 5.41) is 12.6. The molecule has 1 aromatic carbocycles. The number of carboxylic acid groups (broad SMARTS) is 1. The van der Waals surface area contributed by atoms with Gasteiger partial charge in [0, 0.05) is 25.7 Å². The number of nitrogens with zero attached hydrogens (tertiary/aromatic N) is 1. The Balaban J connectivity index is 1.87. The van der Waals surface area contributed by atoms with Crippen LogP contribution in [0.15, 0.2) is 30.3 Å². The van der Waals surface area contributed by atoms with E-state index in [9.17, 15) is 4.79 Å². The molecule has 4 heteroatoms. The molecule has 4 nitrogen and oxygen atoms in total. The number of nitrogens with one attached hydrogen (secondary N) is 1. The molecule has 2 atom stereocenters. The molecule has 1 saturated heterocycles. The molecule has 0 unspecified atom stereocenters. The fourth-order valence-electron chi connectivity index (χ4n) is 2.59.